The number of nitrogens with two attached hydrogens (primary N) is 1. The topological polar surface area (TPSA) is 44.5 Å². The lowest BCUT2D eigenvalue weighted by atomic mass is 9.92. The molecule has 0 amide bonds. The average molecular weight is 317 g/mol. The third-order valence-corrected chi connectivity index (χ3v) is 3.70. The van der Waals surface area contributed by atoms with Gasteiger partial charge in [-0.2, -0.15) is 0 Å². The SMILES string of the molecule is CCOc1cccc(CC(CN)c2ccc(OCC)c(F)c2)c1. The molecule has 0 spiro atoms. The van der Waals surface area contributed by atoms with Crippen molar-refractivity contribution in [3.05, 3.63) is 59.4 Å². The first-order valence-electron chi connectivity index (χ1n) is 8.02. The summed E-state index contributed by atoms with van der Waals surface area (Å²) >= 11 is 0. The Bertz CT molecular complexity index is 631. The number of hydrogen-bond acceptors (Lipinski definition) is 3. The predicted molar refractivity (Wildman–Crippen MR) is 90.7 cm³/mol. The van der Waals surface area contributed by atoms with E-state index in [9.17, 15) is 4.39 Å². The molecule has 124 valence electrons. The highest BCUT2D eigenvalue weighted by Crippen LogP contribution is 2.26. The van der Waals surface area contributed by atoms with Gasteiger partial charge in [-0.25, -0.2) is 4.39 Å². The molecule has 2 rings (SSSR count). The van der Waals surface area contributed by atoms with Gasteiger partial charge in [0, 0.05) is 5.92 Å². The number of hydrogen-bond donors (Lipinski definition) is 1. The first-order valence-corrected chi connectivity index (χ1v) is 8.02. The van der Waals surface area contributed by atoms with E-state index in [1.54, 1.807) is 6.07 Å². The van der Waals surface area contributed by atoms with Crippen LogP contribution in [0.2, 0.25) is 0 Å². The number of halogens is 1. The maximum Gasteiger partial charge on any atom is 0.165 e. The molecule has 0 aliphatic rings. The van der Waals surface area contributed by atoms with Crippen LogP contribution in [0.25, 0.3) is 0 Å². The molecule has 3 nitrogen and oxygen atoms in total. The Labute approximate surface area is 137 Å². The van der Waals surface area contributed by atoms with Gasteiger partial charge in [0.15, 0.2) is 11.6 Å². The highest BCUT2D eigenvalue weighted by molar-refractivity contribution is 5.34. The quantitative estimate of drug-likeness (QED) is 0.803. The molecule has 2 aromatic rings. The molecule has 0 saturated carbocycles. The van der Waals surface area contributed by atoms with Crippen molar-refractivity contribution in [2.45, 2.75) is 26.2 Å². The Kier molecular flexibility index (Phi) is 6.41. The van der Waals surface area contributed by atoms with Crippen molar-refractivity contribution in [3.63, 3.8) is 0 Å². The first kappa shape index (κ1) is 17.3. The van der Waals surface area contributed by atoms with Gasteiger partial charge >= 0.3 is 0 Å². The van der Waals surface area contributed by atoms with E-state index >= 15 is 0 Å². The predicted octanol–water partition coefficient (Wildman–Crippen LogP) is 3.91. The van der Waals surface area contributed by atoms with Crippen LogP contribution in [0, 0.1) is 5.82 Å². The summed E-state index contributed by atoms with van der Waals surface area (Å²) in [7, 11) is 0. The lowest BCUT2D eigenvalue weighted by molar-refractivity contribution is 0.321. The van der Waals surface area contributed by atoms with Gasteiger partial charge < -0.3 is 15.2 Å². The van der Waals surface area contributed by atoms with Crippen LogP contribution in [0.15, 0.2) is 42.5 Å². The van der Waals surface area contributed by atoms with Crippen LogP contribution >= 0.6 is 0 Å². The van der Waals surface area contributed by atoms with Crippen molar-refractivity contribution in [2.75, 3.05) is 19.8 Å². The van der Waals surface area contributed by atoms with E-state index in [-0.39, 0.29) is 17.5 Å². The lowest BCUT2D eigenvalue weighted by Gasteiger charge is -2.17. The minimum atomic E-state index is -0.342. The molecule has 0 saturated heterocycles. The van der Waals surface area contributed by atoms with Crippen LogP contribution in [0.5, 0.6) is 11.5 Å². The molecule has 0 fully saturated rings. The Balaban J connectivity index is 2.16. The van der Waals surface area contributed by atoms with Crippen molar-refractivity contribution in [2.24, 2.45) is 5.73 Å². The van der Waals surface area contributed by atoms with Crippen LogP contribution in [0.3, 0.4) is 0 Å². The van der Waals surface area contributed by atoms with E-state index in [4.69, 9.17) is 15.2 Å². The maximum absolute atomic E-state index is 14.1. The second-order valence-electron chi connectivity index (χ2n) is 5.34. The van der Waals surface area contributed by atoms with Gasteiger partial charge in [0.25, 0.3) is 0 Å². The van der Waals surface area contributed by atoms with Crippen molar-refractivity contribution in [3.8, 4) is 11.5 Å². The Morgan fingerprint density at radius 3 is 2.48 bits per heavy atom. The lowest BCUT2D eigenvalue weighted by Crippen LogP contribution is -2.15. The zero-order valence-electron chi connectivity index (χ0n) is 13.7. The van der Waals surface area contributed by atoms with Gasteiger partial charge in [-0.1, -0.05) is 18.2 Å². The molecule has 0 aliphatic carbocycles. The standard InChI is InChI=1S/C19H24FNO2/c1-3-22-17-7-5-6-14(11-17)10-16(13-21)15-8-9-19(23-4-2)18(20)12-15/h5-9,11-12,16H,3-4,10,13,21H2,1-2H3. The van der Waals surface area contributed by atoms with Gasteiger partial charge in [-0.05, 0) is 62.2 Å². The van der Waals surface area contributed by atoms with E-state index in [2.05, 4.69) is 0 Å². The molecule has 23 heavy (non-hydrogen) atoms. The van der Waals surface area contributed by atoms with Crippen molar-refractivity contribution >= 4 is 0 Å². The summed E-state index contributed by atoms with van der Waals surface area (Å²) in [6.45, 7) is 5.32. The summed E-state index contributed by atoms with van der Waals surface area (Å²) in [5.74, 6) is 0.840. The van der Waals surface area contributed by atoms with Crippen LogP contribution in [-0.4, -0.2) is 19.8 Å². The summed E-state index contributed by atoms with van der Waals surface area (Å²) in [6, 6.07) is 13.0. The van der Waals surface area contributed by atoms with E-state index in [1.807, 2.05) is 44.2 Å². The van der Waals surface area contributed by atoms with Gasteiger partial charge in [0.05, 0.1) is 13.2 Å². The zero-order valence-corrected chi connectivity index (χ0v) is 13.7. The molecular weight excluding hydrogens is 293 g/mol. The fraction of sp³-hybridized carbons (Fsp3) is 0.368. The summed E-state index contributed by atoms with van der Waals surface area (Å²) in [5, 5.41) is 0. The summed E-state index contributed by atoms with van der Waals surface area (Å²) in [4.78, 5) is 0. The monoisotopic (exact) mass is 317 g/mol. The average Bonchev–Trinajstić information content (AvgIpc) is 2.55. The summed E-state index contributed by atoms with van der Waals surface area (Å²) in [6.07, 6.45) is 0.741. The number of benzene rings is 2. The van der Waals surface area contributed by atoms with Crippen LogP contribution in [-0.2, 0) is 6.42 Å². The van der Waals surface area contributed by atoms with Crippen molar-refractivity contribution < 1.29 is 13.9 Å². The van der Waals surface area contributed by atoms with E-state index < -0.39 is 0 Å². The minimum absolute atomic E-state index is 0.0528. The second kappa shape index (κ2) is 8.53. The summed E-state index contributed by atoms with van der Waals surface area (Å²) in [5.41, 5.74) is 7.92. The Morgan fingerprint density at radius 1 is 1.04 bits per heavy atom. The third kappa shape index (κ3) is 4.70. The molecule has 2 aromatic carbocycles. The third-order valence-electron chi connectivity index (χ3n) is 3.70. The van der Waals surface area contributed by atoms with Crippen molar-refractivity contribution in [1.29, 1.82) is 0 Å². The largest absolute Gasteiger partial charge is 0.494 e. The molecule has 2 N–H and O–H groups in total. The van der Waals surface area contributed by atoms with Crippen LogP contribution < -0.4 is 15.2 Å². The van der Waals surface area contributed by atoms with E-state index in [0.29, 0.717) is 19.8 Å². The molecule has 0 aromatic heterocycles. The fourth-order valence-corrected chi connectivity index (χ4v) is 2.59. The molecule has 4 heteroatoms. The fourth-order valence-electron chi connectivity index (χ4n) is 2.59. The zero-order chi connectivity index (χ0) is 16.7. The molecule has 0 bridgehead atoms. The summed E-state index contributed by atoms with van der Waals surface area (Å²) < 4.78 is 24.8. The van der Waals surface area contributed by atoms with Crippen LogP contribution in [0.1, 0.15) is 30.9 Å². The number of ether oxygens (including phenoxy) is 2. The van der Waals surface area contributed by atoms with Crippen LogP contribution in [0.4, 0.5) is 4.39 Å². The molecule has 1 unspecified atom stereocenters. The van der Waals surface area contributed by atoms with E-state index in [0.717, 1.165) is 23.3 Å². The molecule has 0 aliphatic heterocycles. The smallest absolute Gasteiger partial charge is 0.165 e. The second-order valence-corrected chi connectivity index (χ2v) is 5.34. The van der Waals surface area contributed by atoms with Gasteiger partial charge in [-0.3, -0.25) is 0 Å². The molecular formula is C19H24FNO2. The Morgan fingerprint density at radius 2 is 1.83 bits per heavy atom. The van der Waals surface area contributed by atoms with Gasteiger partial charge in [0.1, 0.15) is 5.75 Å². The van der Waals surface area contributed by atoms with Gasteiger partial charge in [0.2, 0.25) is 0 Å². The maximum atomic E-state index is 14.1. The Hall–Kier alpha value is -2.07. The number of rotatable bonds is 8. The molecule has 1 atom stereocenters. The van der Waals surface area contributed by atoms with Gasteiger partial charge in [-0.15, -0.1) is 0 Å². The molecule has 0 radical (unpaired) electrons. The highest BCUT2D eigenvalue weighted by atomic mass is 19.1. The normalized spacial score (nSPS) is 12.0. The minimum Gasteiger partial charge on any atom is -0.494 e. The van der Waals surface area contributed by atoms with Crippen molar-refractivity contribution in [1.82, 2.24) is 0 Å². The molecule has 0 heterocycles. The highest BCUT2D eigenvalue weighted by Gasteiger charge is 2.14. The van der Waals surface area contributed by atoms with E-state index in [1.165, 1.54) is 6.07 Å². The first-order chi connectivity index (χ1) is 11.2.